The number of ether oxygens (including phenoxy) is 1. The third kappa shape index (κ3) is 5.22. The van der Waals surface area contributed by atoms with E-state index in [2.05, 4.69) is 10.2 Å². The van der Waals surface area contributed by atoms with Crippen molar-refractivity contribution in [1.82, 2.24) is 20.0 Å². The lowest BCUT2D eigenvalue weighted by Crippen LogP contribution is -2.49. The summed E-state index contributed by atoms with van der Waals surface area (Å²) in [5.41, 5.74) is 2.13. The molecule has 34 heavy (non-hydrogen) atoms. The Morgan fingerprint density at radius 2 is 1.91 bits per heavy atom. The van der Waals surface area contributed by atoms with Gasteiger partial charge in [0.05, 0.1) is 18.2 Å². The zero-order valence-electron chi connectivity index (χ0n) is 19.8. The molecule has 0 aromatic heterocycles. The molecule has 2 saturated heterocycles. The van der Waals surface area contributed by atoms with Gasteiger partial charge in [0.2, 0.25) is 5.91 Å². The van der Waals surface area contributed by atoms with Crippen molar-refractivity contribution in [1.29, 1.82) is 0 Å². The van der Waals surface area contributed by atoms with E-state index in [1.165, 1.54) is 0 Å². The summed E-state index contributed by atoms with van der Waals surface area (Å²) in [5.74, 6) is 0.497. The first kappa shape index (κ1) is 23.8. The van der Waals surface area contributed by atoms with E-state index >= 15 is 0 Å². The van der Waals surface area contributed by atoms with Crippen molar-refractivity contribution in [2.24, 2.45) is 0 Å². The van der Waals surface area contributed by atoms with Gasteiger partial charge in [0.25, 0.3) is 11.8 Å². The highest BCUT2D eigenvalue weighted by Crippen LogP contribution is 2.28. The normalized spacial score (nSPS) is 18.8. The van der Waals surface area contributed by atoms with Gasteiger partial charge < -0.3 is 19.9 Å². The predicted octanol–water partition coefficient (Wildman–Crippen LogP) is 2.18. The molecular formula is C26H32N4O4. The highest BCUT2D eigenvalue weighted by Gasteiger charge is 2.30. The molecule has 2 heterocycles. The van der Waals surface area contributed by atoms with Gasteiger partial charge in [0.15, 0.2) is 0 Å². The number of likely N-dealkylation sites (N-methyl/N-ethyl adjacent to an activating group) is 1. The lowest BCUT2D eigenvalue weighted by molar-refractivity contribution is -0.128. The van der Waals surface area contributed by atoms with Gasteiger partial charge >= 0.3 is 0 Å². The third-order valence-corrected chi connectivity index (χ3v) is 6.60. The zero-order chi connectivity index (χ0) is 24.1. The molecule has 180 valence electrons. The summed E-state index contributed by atoms with van der Waals surface area (Å²) in [5, 5.41) is 2.66. The van der Waals surface area contributed by atoms with Crippen LogP contribution in [0.2, 0.25) is 0 Å². The Balaban J connectivity index is 1.46. The second-order valence-corrected chi connectivity index (χ2v) is 8.78. The van der Waals surface area contributed by atoms with Crippen molar-refractivity contribution in [2.45, 2.75) is 18.9 Å². The van der Waals surface area contributed by atoms with E-state index in [1.807, 2.05) is 47.2 Å². The number of benzene rings is 2. The summed E-state index contributed by atoms with van der Waals surface area (Å²) in [4.78, 5) is 43.3. The fraction of sp³-hybridized carbons (Fsp3) is 0.423. The molecule has 2 aliphatic rings. The fourth-order valence-corrected chi connectivity index (χ4v) is 4.60. The number of nitrogens with one attached hydrogen (secondary N) is 1. The minimum atomic E-state index is -0.130. The Morgan fingerprint density at radius 3 is 2.68 bits per heavy atom. The van der Waals surface area contributed by atoms with E-state index in [4.69, 9.17) is 4.74 Å². The Hall–Kier alpha value is -3.39. The van der Waals surface area contributed by atoms with E-state index in [1.54, 1.807) is 25.2 Å². The second-order valence-electron chi connectivity index (χ2n) is 8.78. The topological polar surface area (TPSA) is 82.2 Å². The first-order valence-electron chi connectivity index (χ1n) is 11.8. The minimum Gasteiger partial charge on any atom is -0.491 e. The van der Waals surface area contributed by atoms with Gasteiger partial charge in [-0.25, -0.2) is 0 Å². The number of rotatable bonds is 7. The smallest absolute Gasteiger partial charge is 0.257 e. The average molecular weight is 465 g/mol. The lowest BCUT2D eigenvalue weighted by atomic mass is 9.99. The quantitative estimate of drug-likeness (QED) is 0.679. The number of carbonyl (C=O) groups is 3. The number of nitrogens with zero attached hydrogens (tertiary/aromatic N) is 3. The molecule has 0 unspecified atom stereocenters. The van der Waals surface area contributed by atoms with Gasteiger partial charge in [-0.15, -0.1) is 0 Å². The SMILES string of the molecule is CNC(=O)c1cccc([C@H]2CN(C(=O)c3ccccc3OCCN3CCCC3=O)CCN2C)c1. The molecule has 8 nitrogen and oxygen atoms in total. The molecule has 1 N–H and O–H groups in total. The molecule has 0 bridgehead atoms. The Bertz CT molecular complexity index is 1060. The van der Waals surface area contributed by atoms with E-state index in [0.717, 1.165) is 25.1 Å². The third-order valence-electron chi connectivity index (χ3n) is 6.60. The molecule has 0 spiro atoms. The van der Waals surface area contributed by atoms with E-state index in [-0.39, 0.29) is 23.8 Å². The van der Waals surface area contributed by atoms with E-state index in [9.17, 15) is 14.4 Å². The number of carbonyl (C=O) groups excluding carboxylic acids is 3. The maximum absolute atomic E-state index is 13.5. The number of piperazine rings is 1. The number of likely N-dealkylation sites (tertiary alicyclic amines) is 1. The molecule has 1 atom stereocenters. The molecule has 2 fully saturated rings. The highest BCUT2D eigenvalue weighted by molar-refractivity contribution is 5.97. The maximum atomic E-state index is 13.5. The molecule has 2 aromatic carbocycles. The van der Waals surface area contributed by atoms with Gasteiger partial charge in [-0.1, -0.05) is 24.3 Å². The monoisotopic (exact) mass is 464 g/mol. The molecule has 2 aliphatic heterocycles. The Morgan fingerprint density at radius 1 is 1.09 bits per heavy atom. The minimum absolute atomic E-state index is 0.0171. The van der Waals surface area contributed by atoms with Crippen LogP contribution in [0.4, 0.5) is 0 Å². The number of amides is 3. The molecule has 3 amide bonds. The first-order chi connectivity index (χ1) is 16.5. The highest BCUT2D eigenvalue weighted by atomic mass is 16.5. The van der Waals surface area contributed by atoms with Crippen molar-refractivity contribution >= 4 is 17.7 Å². The van der Waals surface area contributed by atoms with Crippen LogP contribution < -0.4 is 10.1 Å². The summed E-state index contributed by atoms with van der Waals surface area (Å²) < 4.78 is 5.95. The van der Waals surface area contributed by atoms with Crippen molar-refractivity contribution < 1.29 is 19.1 Å². The summed E-state index contributed by atoms with van der Waals surface area (Å²) in [6.07, 6.45) is 1.50. The van der Waals surface area contributed by atoms with Crippen molar-refractivity contribution in [3.63, 3.8) is 0 Å². The predicted molar refractivity (Wildman–Crippen MR) is 129 cm³/mol. The van der Waals surface area contributed by atoms with Crippen LogP contribution in [0.1, 0.15) is 45.2 Å². The molecule has 0 aliphatic carbocycles. The standard InChI is InChI=1S/C26H32N4O4/c1-27-25(32)20-8-5-7-19(17-20)22-18-30(14-13-28(22)2)26(33)21-9-3-4-10-23(21)34-16-15-29-12-6-11-24(29)31/h3-5,7-10,17,22H,6,11-16,18H2,1-2H3,(H,27,32)/t22-/m1/s1. The van der Waals surface area contributed by atoms with Gasteiger partial charge in [0, 0.05) is 45.2 Å². The molecular weight excluding hydrogens is 432 g/mol. The molecule has 0 radical (unpaired) electrons. The maximum Gasteiger partial charge on any atom is 0.257 e. The molecule has 4 rings (SSSR count). The van der Waals surface area contributed by atoms with Crippen LogP contribution in [-0.4, -0.2) is 85.8 Å². The van der Waals surface area contributed by atoms with Crippen LogP contribution in [0.5, 0.6) is 5.75 Å². The number of hydrogen-bond acceptors (Lipinski definition) is 5. The van der Waals surface area contributed by atoms with Crippen LogP contribution in [0.25, 0.3) is 0 Å². The lowest BCUT2D eigenvalue weighted by Gasteiger charge is -2.40. The van der Waals surface area contributed by atoms with Crippen molar-refractivity contribution in [2.75, 3.05) is 53.4 Å². The summed E-state index contributed by atoms with van der Waals surface area (Å²) in [6, 6.07) is 14.8. The summed E-state index contributed by atoms with van der Waals surface area (Å²) >= 11 is 0. The second kappa shape index (κ2) is 10.7. The largest absolute Gasteiger partial charge is 0.491 e. The van der Waals surface area contributed by atoms with Crippen LogP contribution in [-0.2, 0) is 4.79 Å². The molecule has 0 saturated carbocycles. The van der Waals surface area contributed by atoms with Gasteiger partial charge in [0.1, 0.15) is 12.4 Å². The molecule has 8 heteroatoms. The summed E-state index contributed by atoms with van der Waals surface area (Å²) in [6.45, 7) is 3.50. The number of para-hydroxylation sites is 1. The molecule has 2 aromatic rings. The number of hydrogen-bond donors (Lipinski definition) is 1. The Labute approximate surface area is 200 Å². The van der Waals surface area contributed by atoms with Crippen LogP contribution in [0, 0.1) is 0 Å². The van der Waals surface area contributed by atoms with Gasteiger partial charge in [-0.2, -0.15) is 0 Å². The van der Waals surface area contributed by atoms with Crippen molar-refractivity contribution in [3.05, 3.63) is 65.2 Å². The summed E-state index contributed by atoms with van der Waals surface area (Å²) in [7, 11) is 3.65. The van der Waals surface area contributed by atoms with E-state index < -0.39 is 0 Å². The van der Waals surface area contributed by atoms with Crippen LogP contribution in [0.3, 0.4) is 0 Å². The van der Waals surface area contributed by atoms with E-state index in [0.29, 0.717) is 49.5 Å². The fourth-order valence-electron chi connectivity index (χ4n) is 4.60. The van der Waals surface area contributed by atoms with Gasteiger partial charge in [-0.3, -0.25) is 19.3 Å². The van der Waals surface area contributed by atoms with Gasteiger partial charge in [-0.05, 0) is 43.3 Å². The average Bonchev–Trinajstić information content (AvgIpc) is 3.28. The zero-order valence-corrected chi connectivity index (χ0v) is 19.8. The van der Waals surface area contributed by atoms with Crippen molar-refractivity contribution in [3.8, 4) is 5.75 Å². The van der Waals surface area contributed by atoms with Crippen LogP contribution in [0.15, 0.2) is 48.5 Å². The first-order valence-corrected chi connectivity index (χ1v) is 11.8. The Kier molecular flexibility index (Phi) is 7.47. The van der Waals surface area contributed by atoms with Crippen LogP contribution >= 0.6 is 0 Å².